The minimum atomic E-state index is -3.33. The highest BCUT2D eigenvalue weighted by molar-refractivity contribution is 7.86. The Balaban J connectivity index is 2.03. The third kappa shape index (κ3) is 3.33. The Labute approximate surface area is 123 Å². The molecule has 0 amide bonds. The Morgan fingerprint density at radius 3 is 2.30 bits per heavy atom. The second-order valence-electron chi connectivity index (χ2n) is 6.10. The predicted octanol–water partition coefficient (Wildman–Crippen LogP) is 0.0704. The van der Waals surface area contributed by atoms with Crippen molar-refractivity contribution < 1.29 is 8.42 Å². The van der Waals surface area contributed by atoms with Crippen molar-refractivity contribution in [1.82, 2.24) is 13.5 Å². The van der Waals surface area contributed by atoms with Gasteiger partial charge in [0.15, 0.2) is 0 Å². The third-order valence-corrected chi connectivity index (χ3v) is 6.71. The molecule has 118 valence electrons. The van der Waals surface area contributed by atoms with E-state index in [1.807, 2.05) is 0 Å². The average molecular weight is 304 g/mol. The summed E-state index contributed by atoms with van der Waals surface area (Å²) in [5.74, 6) is 0. The highest BCUT2D eigenvalue weighted by Crippen LogP contribution is 2.25. The monoisotopic (exact) mass is 304 g/mol. The Bertz CT molecular complexity index is 405. The summed E-state index contributed by atoms with van der Waals surface area (Å²) in [5.41, 5.74) is 5.75. The number of hydrogen-bond donors (Lipinski definition) is 1. The summed E-state index contributed by atoms with van der Waals surface area (Å²) >= 11 is 0. The molecule has 2 fully saturated rings. The van der Waals surface area contributed by atoms with Crippen LogP contribution in [0.3, 0.4) is 0 Å². The lowest BCUT2D eigenvalue weighted by Crippen LogP contribution is -2.55. The SMILES string of the molecule is CN(C)C1CCN(S(=O)(=O)N2CCCCC2CN)CC1. The molecule has 20 heavy (non-hydrogen) atoms. The van der Waals surface area contributed by atoms with Crippen molar-refractivity contribution >= 4 is 10.2 Å². The van der Waals surface area contributed by atoms with E-state index in [9.17, 15) is 8.42 Å². The number of rotatable bonds is 4. The van der Waals surface area contributed by atoms with Crippen LogP contribution in [0.5, 0.6) is 0 Å². The molecule has 0 aromatic carbocycles. The molecule has 2 aliphatic heterocycles. The summed E-state index contributed by atoms with van der Waals surface area (Å²) in [6.45, 7) is 2.29. The normalized spacial score (nSPS) is 28.1. The lowest BCUT2D eigenvalue weighted by molar-refractivity contribution is 0.179. The van der Waals surface area contributed by atoms with E-state index >= 15 is 0 Å². The molecular formula is C13H28N4O2S. The quantitative estimate of drug-likeness (QED) is 0.798. The van der Waals surface area contributed by atoms with Gasteiger partial charge in [0, 0.05) is 38.3 Å². The van der Waals surface area contributed by atoms with Crippen molar-refractivity contribution in [2.45, 2.75) is 44.2 Å². The van der Waals surface area contributed by atoms with E-state index in [2.05, 4.69) is 19.0 Å². The molecule has 0 saturated carbocycles. The van der Waals surface area contributed by atoms with Gasteiger partial charge in [-0.05, 0) is 39.8 Å². The van der Waals surface area contributed by atoms with Crippen LogP contribution in [0.25, 0.3) is 0 Å². The summed E-state index contributed by atoms with van der Waals surface area (Å²) in [7, 11) is 0.792. The maximum atomic E-state index is 12.8. The summed E-state index contributed by atoms with van der Waals surface area (Å²) in [4.78, 5) is 2.19. The topological polar surface area (TPSA) is 69.9 Å². The number of nitrogens with zero attached hydrogens (tertiary/aromatic N) is 3. The highest BCUT2D eigenvalue weighted by atomic mass is 32.2. The first-order valence-electron chi connectivity index (χ1n) is 7.60. The second kappa shape index (κ2) is 6.70. The highest BCUT2D eigenvalue weighted by Gasteiger charge is 2.37. The van der Waals surface area contributed by atoms with Crippen LogP contribution >= 0.6 is 0 Å². The predicted molar refractivity (Wildman–Crippen MR) is 80.6 cm³/mol. The van der Waals surface area contributed by atoms with Gasteiger partial charge >= 0.3 is 0 Å². The molecule has 1 unspecified atom stereocenters. The Morgan fingerprint density at radius 2 is 1.75 bits per heavy atom. The first-order valence-corrected chi connectivity index (χ1v) is 9.00. The molecule has 2 rings (SSSR count). The van der Waals surface area contributed by atoms with E-state index < -0.39 is 10.2 Å². The lowest BCUT2D eigenvalue weighted by Gasteiger charge is -2.40. The van der Waals surface area contributed by atoms with E-state index in [-0.39, 0.29) is 6.04 Å². The molecule has 2 aliphatic rings. The fourth-order valence-corrected chi connectivity index (χ4v) is 5.15. The molecule has 1 atom stereocenters. The molecule has 2 N–H and O–H groups in total. The largest absolute Gasteiger partial charge is 0.329 e. The van der Waals surface area contributed by atoms with Crippen LogP contribution in [0.2, 0.25) is 0 Å². The second-order valence-corrected chi connectivity index (χ2v) is 7.98. The number of hydrogen-bond acceptors (Lipinski definition) is 4. The molecule has 0 aromatic rings. The summed E-state index contributed by atoms with van der Waals surface area (Å²) in [6.07, 6.45) is 4.74. The Hall–Kier alpha value is -0.210. The minimum absolute atomic E-state index is 0.0136. The zero-order valence-electron chi connectivity index (χ0n) is 12.7. The molecular weight excluding hydrogens is 276 g/mol. The molecule has 0 spiro atoms. The van der Waals surface area contributed by atoms with Gasteiger partial charge in [0.1, 0.15) is 0 Å². The van der Waals surface area contributed by atoms with Crippen LogP contribution in [0.1, 0.15) is 32.1 Å². The lowest BCUT2D eigenvalue weighted by atomic mass is 10.1. The van der Waals surface area contributed by atoms with Crippen molar-refractivity contribution in [2.75, 3.05) is 40.3 Å². The third-order valence-electron chi connectivity index (χ3n) is 4.62. The van der Waals surface area contributed by atoms with Crippen LogP contribution < -0.4 is 5.73 Å². The Morgan fingerprint density at radius 1 is 1.10 bits per heavy atom. The maximum absolute atomic E-state index is 12.8. The van der Waals surface area contributed by atoms with Gasteiger partial charge in [-0.2, -0.15) is 17.0 Å². The number of nitrogens with two attached hydrogens (primary N) is 1. The van der Waals surface area contributed by atoms with Crippen LogP contribution in [-0.2, 0) is 10.2 Å². The van der Waals surface area contributed by atoms with Gasteiger partial charge in [-0.15, -0.1) is 0 Å². The van der Waals surface area contributed by atoms with Crippen molar-refractivity contribution in [3.63, 3.8) is 0 Å². The Kier molecular flexibility index (Phi) is 5.42. The van der Waals surface area contributed by atoms with E-state index in [1.54, 1.807) is 8.61 Å². The average Bonchev–Trinajstić information content (AvgIpc) is 2.47. The van der Waals surface area contributed by atoms with Crippen molar-refractivity contribution in [3.8, 4) is 0 Å². The smallest absolute Gasteiger partial charge is 0.282 e. The van der Waals surface area contributed by atoms with Crippen LogP contribution in [0, 0.1) is 0 Å². The van der Waals surface area contributed by atoms with Crippen molar-refractivity contribution in [3.05, 3.63) is 0 Å². The molecule has 0 bridgehead atoms. The van der Waals surface area contributed by atoms with Gasteiger partial charge in [0.2, 0.25) is 0 Å². The minimum Gasteiger partial charge on any atom is -0.329 e. The van der Waals surface area contributed by atoms with Crippen LogP contribution in [-0.4, -0.2) is 74.3 Å². The first-order chi connectivity index (χ1) is 9.46. The standard InChI is InChI=1S/C13H28N4O2S/c1-15(2)12-6-9-16(10-7-12)20(18,19)17-8-4-3-5-13(17)11-14/h12-13H,3-11,14H2,1-2H3. The molecule has 0 radical (unpaired) electrons. The molecule has 6 nitrogen and oxygen atoms in total. The molecule has 0 aliphatic carbocycles. The first kappa shape index (κ1) is 16.2. The van der Waals surface area contributed by atoms with Gasteiger partial charge in [-0.1, -0.05) is 6.42 Å². The van der Waals surface area contributed by atoms with Crippen molar-refractivity contribution in [1.29, 1.82) is 0 Å². The fraction of sp³-hybridized carbons (Fsp3) is 1.00. The van der Waals surface area contributed by atoms with Gasteiger partial charge in [0.25, 0.3) is 10.2 Å². The van der Waals surface area contributed by atoms with E-state index in [0.717, 1.165) is 32.1 Å². The molecule has 2 saturated heterocycles. The summed E-state index contributed by atoms with van der Waals surface area (Å²) in [6, 6.07) is 0.480. The number of piperidine rings is 2. The maximum Gasteiger partial charge on any atom is 0.282 e. The summed E-state index contributed by atoms with van der Waals surface area (Å²) in [5, 5.41) is 0. The fourth-order valence-electron chi connectivity index (χ4n) is 3.25. The van der Waals surface area contributed by atoms with E-state index in [4.69, 9.17) is 5.73 Å². The summed E-state index contributed by atoms with van der Waals surface area (Å²) < 4.78 is 28.8. The van der Waals surface area contributed by atoms with Gasteiger partial charge in [-0.25, -0.2) is 0 Å². The van der Waals surface area contributed by atoms with Gasteiger partial charge < -0.3 is 10.6 Å². The van der Waals surface area contributed by atoms with E-state index in [1.165, 1.54) is 0 Å². The van der Waals surface area contributed by atoms with Gasteiger partial charge in [-0.3, -0.25) is 0 Å². The zero-order valence-corrected chi connectivity index (χ0v) is 13.5. The van der Waals surface area contributed by atoms with Crippen LogP contribution in [0.15, 0.2) is 0 Å². The van der Waals surface area contributed by atoms with E-state index in [0.29, 0.717) is 32.2 Å². The van der Waals surface area contributed by atoms with Gasteiger partial charge in [0.05, 0.1) is 0 Å². The molecule has 2 heterocycles. The zero-order chi connectivity index (χ0) is 14.8. The van der Waals surface area contributed by atoms with Crippen molar-refractivity contribution in [2.24, 2.45) is 5.73 Å². The molecule has 7 heteroatoms. The van der Waals surface area contributed by atoms with Crippen LogP contribution in [0.4, 0.5) is 0 Å². The molecule has 0 aromatic heterocycles.